The molecular formula is C19H17F2N3O3S. The second kappa shape index (κ2) is 7.51. The standard InChI is InChI=1S/C19H17F2N3O3S/c1-3-28(26,27)23-16-6-4-5-13(7-16)18-11-19(25)24(22-12(18)2)17-9-14(20)8-15(21)10-17/h4-11,23H,3H2,1-2H3. The number of anilines is 1. The molecule has 0 spiro atoms. The van der Waals surface area contributed by atoms with Crippen LogP contribution in [0.4, 0.5) is 14.5 Å². The number of rotatable bonds is 5. The molecule has 0 aliphatic carbocycles. The van der Waals surface area contributed by atoms with Gasteiger partial charge in [0.2, 0.25) is 10.0 Å². The summed E-state index contributed by atoms with van der Waals surface area (Å²) in [7, 11) is -3.44. The van der Waals surface area contributed by atoms with E-state index < -0.39 is 27.2 Å². The van der Waals surface area contributed by atoms with Gasteiger partial charge in [-0.15, -0.1) is 0 Å². The number of nitrogens with zero attached hydrogens (tertiary/aromatic N) is 2. The largest absolute Gasteiger partial charge is 0.284 e. The fraction of sp³-hybridized carbons (Fsp3) is 0.158. The molecule has 0 radical (unpaired) electrons. The van der Waals surface area contributed by atoms with Gasteiger partial charge in [0.25, 0.3) is 5.56 Å². The van der Waals surface area contributed by atoms with Crippen molar-refractivity contribution < 1.29 is 17.2 Å². The van der Waals surface area contributed by atoms with Gasteiger partial charge in [-0.05, 0) is 43.7 Å². The predicted octanol–water partition coefficient (Wildman–Crippen LogP) is 3.25. The highest BCUT2D eigenvalue weighted by Gasteiger charge is 2.12. The van der Waals surface area contributed by atoms with Gasteiger partial charge in [-0.25, -0.2) is 17.2 Å². The maximum atomic E-state index is 13.5. The molecule has 0 saturated heterocycles. The van der Waals surface area contributed by atoms with Gasteiger partial charge in [-0.2, -0.15) is 9.78 Å². The number of sulfonamides is 1. The number of benzene rings is 2. The molecule has 1 aromatic heterocycles. The summed E-state index contributed by atoms with van der Waals surface area (Å²) in [5.74, 6) is -1.71. The molecular weight excluding hydrogens is 388 g/mol. The van der Waals surface area contributed by atoms with Crippen LogP contribution in [0.2, 0.25) is 0 Å². The SMILES string of the molecule is CCS(=O)(=O)Nc1cccc(-c2cc(=O)n(-c3cc(F)cc(F)c3)nc2C)c1. The van der Waals surface area contributed by atoms with Gasteiger partial charge in [0, 0.05) is 23.4 Å². The van der Waals surface area contributed by atoms with Gasteiger partial charge in [-0.3, -0.25) is 9.52 Å². The van der Waals surface area contributed by atoms with Gasteiger partial charge < -0.3 is 0 Å². The predicted molar refractivity (Wildman–Crippen MR) is 103 cm³/mol. The van der Waals surface area contributed by atoms with Gasteiger partial charge in [0.15, 0.2) is 0 Å². The van der Waals surface area contributed by atoms with Crippen LogP contribution in [-0.2, 0) is 10.0 Å². The van der Waals surface area contributed by atoms with E-state index in [-0.39, 0.29) is 11.4 Å². The molecule has 3 aromatic rings. The van der Waals surface area contributed by atoms with Crippen molar-refractivity contribution in [2.24, 2.45) is 0 Å². The van der Waals surface area contributed by atoms with Gasteiger partial charge in [0.1, 0.15) is 11.6 Å². The Balaban J connectivity index is 2.05. The third-order valence-corrected chi connectivity index (χ3v) is 5.34. The summed E-state index contributed by atoms with van der Waals surface area (Å²) in [5, 5.41) is 4.15. The van der Waals surface area contributed by atoms with Crippen LogP contribution in [-0.4, -0.2) is 24.0 Å². The molecule has 2 aromatic carbocycles. The summed E-state index contributed by atoms with van der Waals surface area (Å²) in [4.78, 5) is 12.5. The van der Waals surface area contributed by atoms with E-state index in [1.807, 2.05) is 0 Å². The number of aryl methyl sites for hydroxylation is 1. The van der Waals surface area contributed by atoms with Crippen LogP contribution in [0.25, 0.3) is 16.8 Å². The van der Waals surface area contributed by atoms with Crippen LogP contribution in [0.5, 0.6) is 0 Å². The smallest absolute Gasteiger partial charge is 0.272 e. The highest BCUT2D eigenvalue weighted by atomic mass is 32.2. The Morgan fingerprint density at radius 1 is 1.07 bits per heavy atom. The average molecular weight is 405 g/mol. The number of aromatic nitrogens is 2. The van der Waals surface area contributed by atoms with E-state index in [2.05, 4.69) is 9.82 Å². The van der Waals surface area contributed by atoms with Gasteiger partial charge >= 0.3 is 0 Å². The number of hydrogen-bond donors (Lipinski definition) is 1. The fourth-order valence-corrected chi connectivity index (χ4v) is 3.31. The van der Waals surface area contributed by atoms with E-state index in [0.29, 0.717) is 28.6 Å². The maximum Gasteiger partial charge on any atom is 0.272 e. The quantitative estimate of drug-likeness (QED) is 0.707. The lowest BCUT2D eigenvalue weighted by Gasteiger charge is -2.12. The molecule has 0 amide bonds. The van der Waals surface area contributed by atoms with Gasteiger partial charge in [0.05, 0.1) is 17.1 Å². The molecule has 0 fully saturated rings. The molecule has 0 unspecified atom stereocenters. The molecule has 28 heavy (non-hydrogen) atoms. The Kier molecular flexibility index (Phi) is 5.28. The molecule has 9 heteroatoms. The lowest BCUT2D eigenvalue weighted by atomic mass is 10.0. The summed E-state index contributed by atoms with van der Waals surface area (Å²) in [6.07, 6.45) is 0. The molecule has 146 valence electrons. The third kappa shape index (κ3) is 4.25. The minimum atomic E-state index is -3.44. The Morgan fingerprint density at radius 2 is 1.75 bits per heavy atom. The van der Waals surface area contributed by atoms with E-state index in [9.17, 15) is 22.0 Å². The first-order valence-electron chi connectivity index (χ1n) is 8.37. The molecule has 0 saturated carbocycles. The summed E-state index contributed by atoms with van der Waals surface area (Å²) >= 11 is 0. The number of halogens is 2. The second-order valence-electron chi connectivity index (χ2n) is 6.11. The zero-order valence-electron chi connectivity index (χ0n) is 15.1. The van der Waals surface area contributed by atoms with Crippen molar-refractivity contribution in [1.82, 2.24) is 9.78 Å². The summed E-state index contributed by atoms with van der Waals surface area (Å²) in [5.41, 5.74) is 1.24. The van der Waals surface area contributed by atoms with E-state index in [4.69, 9.17) is 0 Å². The highest BCUT2D eigenvalue weighted by molar-refractivity contribution is 7.92. The van der Waals surface area contributed by atoms with E-state index in [1.165, 1.54) is 13.0 Å². The highest BCUT2D eigenvalue weighted by Crippen LogP contribution is 2.24. The molecule has 0 bridgehead atoms. The first-order chi connectivity index (χ1) is 13.2. The molecule has 1 N–H and O–H groups in total. The third-order valence-electron chi connectivity index (χ3n) is 4.04. The zero-order valence-corrected chi connectivity index (χ0v) is 15.9. The van der Waals surface area contributed by atoms with Crippen LogP contribution in [0.1, 0.15) is 12.6 Å². The van der Waals surface area contributed by atoms with Crippen molar-refractivity contribution in [3.63, 3.8) is 0 Å². The van der Waals surface area contributed by atoms with Crippen LogP contribution >= 0.6 is 0 Å². The average Bonchev–Trinajstić information content (AvgIpc) is 2.62. The molecule has 3 rings (SSSR count). The first-order valence-corrected chi connectivity index (χ1v) is 10.0. The Morgan fingerprint density at radius 3 is 2.39 bits per heavy atom. The van der Waals surface area contributed by atoms with Crippen LogP contribution in [0.3, 0.4) is 0 Å². The molecule has 1 heterocycles. The maximum absolute atomic E-state index is 13.5. The topological polar surface area (TPSA) is 81.1 Å². The summed E-state index contributed by atoms with van der Waals surface area (Å²) < 4.78 is 53.8. The van der Waals surface area contributed by atoms with Crippen molar-refractivity contribution in [3.05, 3.63) is 76.2 Å². The van der Waals surface area contributed by atoms with Crippen LogP contribution in [0, 0.1) is 18.6 Å². The molecule has 0 aliphatic rings. The van der Waals surface area contributed by atoms with E-state index >= 15 is 0 Å². The summed E-state index contributed by atoms with van der Waals surface area (Å²) in [6, 6.07) is 10.6. The minimum Gasteiger partial charge on any atom is -0.284 e. The van der Waals surface area contributed by atoms with Gasteiger partial charge in [-0.1, -0.05) is 12.1 Å². The lowest BCUT2D eigenvalue weighted by Crippen LogP contribution is -2.22. The van der Waals surface area contributed by atoms with Crippen molar-refractivity contribution in [1.29, 1.82) is 0 Å². The van der Waals surface area contributed by atoms with Crippen molar-refractivity contribution in [3.8, 4) is 16.8 Å². The van der Waals surface area contributed by atoms with Crippen molar-refractivity contribution in [2.75, 3.05) is 10.5 Å². The second-order valence-corrected chi connectivity index (χ2v) is 8.12. The fourth-order valence-electron chi connectivity index (χ4n) is 2.68. The normalized spacial score (nSPS) is 11.4. The molecule has 0 aliphatic heterocycles. The molecule has 0 atom stereocenters. The monoisotopic (exact) mass is 405 g/mol. The Labute approximate surface area is 160 Å². The molecule has 6 nitrogen and oxygen atoms in total. The van der Waals surface area contributed by atoms with E-state index in [0.717, 1.165) is 16.8 Å². The zero-order chi connectivity index (χ0) is 20.5. The summed E-state index contributed by atoms with van der Waals surface area (Å²) in [6.45, 7) is 3.17. The van der Waals surface area contributed by atoms with E-state index in [1.54, 1.807) is 31.2 Å². The Hall–Kier alpha value is -3.07. The first kappa shape index (κ1) is 19.7. The van der Waals surface area contributed by atoms with Crippen molar-refractivity contribution >= 4 is 15.7 Å². The van der Waals surface area contributed by atoms with Crippen LogP contribution < -0.4 is 10.3 Å². The number of hydrogen-bond acceptors (Lipinski definition) is 4. The van der Waals surface area contributed by atoms with Crippen LogP contribution in [0.15, 0.2) is 53.3 Å². The number of nitrogens with one attached hydrogen (secondary N) is 1. The lowest BCUT2D eigenvalue weighted by molar-refractivity contribution is 0.578. The van der Waals surface area contributed by atoms with Crippen molar-refractivity contribution in [2.45, 2.75) is 13.8 Å². The minimum absolute atomic E-state index is 0.0263. The Bertz CT molecular complexity index is 1190.